The number of thioether (sulfide) groups is 1. The quantitative estimate of drug-likeness (QED) is 0.600. The third kappa shape index (κ3) is 3.76. The first kappa shape index (κ1) is 13.0. The van der Waals surface area contributed by atoms with E-state index >= 15 is 0 Å². The summed E-state index contributed by atoms with van der Waals surface area (Å²) in [5.41, 5.74) is 7.82. The van der Waals surface area contributed by atoms with Gasteiger partial charge in [0.15, 0.2) is 0 Å². The Balaban J connectivity index is 2.10. The number of halogens is 2. The highest BCUT2D eigenvalue weighted by atomic mass is 79.9. The molecule has 0 spiro atoms. The van der Waals surface area contributed by atoms with Gasteiger partial charge in [-0.05, 0) is 51.8 Å². The number of benzene rings is 2. The van der Waals surface area contributed by atoms with Crippen LogP contribution >= 0.6 is 43.6 Å². The summed E-state index contributed by atoms with van der Waals surface area (Å²) in [5.74, 6) is 0.909. The summed E-state index contributed by atoms with van der Waals surface area (Å²) < 4.78 is 2.16. The fourth-order valence-electron chi connectivity index (χ4n) is 1.48. The molecule has 2 aromatic rings. The lowest BCUT2D eigenvalue weighted by atomic mass is 10.2. The predicted octanol–water partition coefficient (Wildman–Crippen LogP) is 5.09. The van der Waals surface area contributed by atoms with Crippen LogP contribution in [0.25, 0.3) is 0 Å². The Kier molecular flexibility index (Phi) is 4.54. The maximum absolute atomic E-state index is 5.81. The van der Waals surface area contributed by atoms with Gasteiger partial charge >= 0.3 is 0 Å². The zero-order valence-corrected chi connectivity index (χ0v) is 13.0. The van der Waals surface area contributed by atoms with Gasteiger partial charge in [0.1, 0.15) is 0 Å². The molecule has 0 aliphatic heterocycles. The summed E-state index contributed by atoms with van der Waals surface area (Å²) in [6.07, 6.45) is 0. The summed E-state index contributed by atoms with van der Waals surface area (Å²) in [4.78, 5) is 1.24. The number of hydrogen-bond acceptors (Lipinski definition) is 2. The zero-order valence-electron chi connectivity index (χ0n) is 8.99. The van der Waals surface area contributed by atoms with E-state index in [0.717, 1.165) is 20.4 Å². The Labute approximate surface area is 122 Å². The first-order valence-electron chi connectivity index (χ1n) is 5.07. The van der Waals surface area contributed by atoms with E-state index in [1.54, 1.807) is 11.8 Å². The van der Waals surface area contributed by atoms with Crippen molar-refractivity contribution in [2.45, 2.75) is 10.6 Å². The van der Waals surface area contributed by atoms with Gasteiger partial charge in [0, 0.05) is 25.3 Å². The second kappa shape index (κ2) is 5.94. The molecular formula is C13H11Br2NS. The van der Waals surface area contributed by atoms with Gasteiger partial charge in [-0.25, -0.2) is 0 Å². The molecular weight excluding hydrogens is 362 g/mol. The Bertz CT molecular complexity index is 508. The maximum Gasteiger partial charge on any atom is 0.0328 e. The lowest BCUT2D eigenvalue weighted by Gasteiger charge is -2.06. The van der Waals surface area contributed by atoms with Crippen molar-refractivity contribution in [1.29, 1.82) is 0 Å². The molecule has 4 heteroatoms. The first-order chi connectivity index (χ1) is 8.15. The van der Waals surface area contributed by atoms with Crippen LogP contribution in [0.1, 0.15) is 5.56 Å². The van der Waals surface area contributed by atoms with Gasteiger partial charge in [-0.1, -0.05) is 28.1 Å². The van der Waals surface area contributed by atoms with Crippen LogP contribution in [-0.2, 0) is 5.75 Å². The van der Waals surface area contributed by atoms with E-state index in [-0.39, 0.29) is 0 Å². The molecule has 0 radical (unpaired) electrons. The zero-order chi connectivity index (χ0) is 12.3. The molecule has 0 amide bonds. The van der Waals surface area contributed by atoms with Crippen molar-refractivity contribution in [3.05, 3.63) is 57.0 Å². The number of rotatable bonds is 3. The lowest BCUT2D eigenvalue weighted by Crippen LogP contribution is -1.88. The molecule has 0 aliphatic carbocycles. The molecule has 2 N–H and O–H groups in total. The van der Waals surface area contributed by atoms with Gasteiger partial charge in [0.25, 0.3) is 0 Å². The molecule has 0 saturated heterocycles. The Hall–Kier alpha value is -0.450. The Morgan fingerprint density at radius 2 is 1.82 bits per heavy atom. The van der Waals surface area contributed by atoms with Crippen molar-refractivity contribution < 1.29 is 0 Å². The molecule has 0 aliphatic rings. The topological polar surface area (TPSA) is 26.0 Å². The molecule has 17 heavy (non-hydrogen) atoms. The van der Waals surface area contributed by atoms with E-state index in [0.29, 0.717) is 0 Å². The van der Waals surface area contributed by atoms with Gasteiger partial charge in [-0.15, -0.1) is 11.8 Å². The predicted molar refractivity (Wildman–Crippen MR) is 82.3 cm³/mol. The summed E-state index contributed by atoms with van der Waals surface area (Å²) in [6, 6.07) is 14.2. The molecule has 0 fully saturated rings. The molecule has 0 aromatic heterocycles. The van der Waals surface area contributed by atoms with Crippen LogP contribution in [-0.4, -0.2) is 0 Å². The monoisotopic (exact) mass is 371 g/mol. The van der Waals surface area contributed by atoms with Gasteiger partial charge in [0.05, 0.1) is 0 Å². The van der Waals surface area contributed by atoms with Crippen molar-refractivity contribution >= 4 is 49.3 Å². The Morgan fingerprint density at radius 1 is 1.06 bits per heavy atom. The van der Waals surface area contributed by atoms with E-state index in [1.165, 1.54) is 10.5 Å². The largest absolute Gasteiger partial charge is 0.399 e. The van der Waals surface area contributed by atoms with Crippen molar-refractivity contribution in [2.24, 2.45) is 0 Å². The number of nitrogen functional groups attached to an aromatic ring is 1. The van der Waals surface area contributed by atoms with E-state index < -0.39 is 0 Å². The van der Waals surface area contributed by atoms with Crippen LogP contribution in [0.5, 0.6) is 0 Å². The molecule has 0 saturated carbocycles. The second-order valence-corrected chi connectivity index (χ2v) is 6.40. The van der Waals surface area contributed by atoms with Crippen LogP contribution in [0.3, 0.4) is 0 Å². The molecule has 0 atom stereocenters. The third-order valence-corrected chi connectivity index (χ3v) is 4.77. The number of anilines is 1. The second-order valence-electron chi connectivity index (χ2n) is 3.61. The van der Waals surface area contributed by atoms with E-state index in [1.807, 2.05) is 24.3 Å². The molecule has 2 aromatic carbocycles. The average molecular weight is 373 g/mol. The van der Waals surface area contributed by atoms with Crippen molar-refractivity contribution in [2.75, 3.05) is 5.73 Å². The highest BCUT2D eigenvalue weighted by molar-refractivity contribution is 9.10. The minimum atomic E-state index is 0.794. The van der Waals surface area contributed by atoms with Gasteiger partial charge in [-0.2, -0.15) is 0 Å². The molecule has 88 valence electrons. The number of hydrogen-bond donors (Lipinski definition) is 1. The van der Waals surface area contributed by atoms with Crippen molar-refractivity contribution in [3.8, 4) is 0 Å². The van der Waals surface area contributed by atoms with Crippen LogP contribution in [0, 0.1) is 0 Å². The Morgan fingerprint density at radius 3 is 2.53 bits per heavy atom. The smallest absolute Gasteiger partial charge is 0.0328 e. The highest BCUT2D eigenvalue weighted by Crippen LogP contribution is 2.30. The normalized spacial score (nSPS) is 10.5. The molecule has 2 rings (SSSR count). The van der Waals surface area contributed by atoms with Crippen molar-refractivity contribution in [1.82, 2.24) is 0 Å². The lowest BCUT2D eigenvalue weighted by molar-refractivity contribution is 1.35. The molecule has 0 bridgehead atoms. The van der Waals surface area contributed by atoms with Crippen LogP contribution < -0.4 is 5.73 Å². The van der Waals surface area contributed by atoms with Gasteiger partial charge in [0.2, 0.25) is 0 Å². The standard InChI is InChI=1S/C13H11Br2NS/c14-10-5-9(6-11(16)7-10)8-17-13-4-2-1-3-12(13)15/h1-7H,8,16H2. The summed E-state index contributed by atoms with van der Waals surface area (Å²) in [6.45, 7) is 0. The van der Waals surface area contributed by atoms with E-state index in [2.05, 4.69) is 50.1 Å². The fourth-order valence-corrected chi connectivity index (χ4v) is 3.54. The number of nitrogens with two attached hydrogens (primary N) is 1. The fraction of sp³-hybridized carbons (Fsp3) is 0.0769. The molecule has 1 nitrogen and oxygen atoms in total. The first-order valence-corrected chi connectivity index (χ1v) is 7.64. The van der Waals surface area contributed by atoms with E-state index in [4.69, 9.17) is 5.73 Å². The average Bonchev–Trinajstić information content (AvgIpc) is 2.27. The minimum absolute atomic E-state index is 0.794. The van der Waals surface area contributed by atoms with Gasteiger partial charge < -0.3 is 5.73 Å². The van der Waals surface area contributed by atoms with Crippen LogP contribution in [0.4, 0.5) is 5.69 Å². The van der Waals surface area contributed by atoms with Crippen LogP contribution in [0.2, 0.25) is 0 Å². The summed E-state index contributed by atoms with van der Waals surface area (Å²) in [5, 5.41) is 0. The summed E-state index contributed by atoms with van der Waals surface area (Å²) in [7, 11) is 0. The highest BCUT2D eigenvalue weighted by Gasteiger charge is 2.02. The molecule has 0 heterocycles. The third-order valence-electron chi connectivity index (χ3n) is 2.21. The van der Waals surface area contributed by atoms with Crippen LogP contribution in [0.15, 0.2) is 56.3 Å². The summed E-state index contributed by atoms with van der Waals surface area (Å²) >= 11 is 8.79. The molecule has 0 unspecified atom stereocenters. The van der Waals surface area contributed by atoms with E-state index in [9.17, 15) is 0 Å². The van der Waals surface area contributed by atoms with Gasteiger partial charge in [-0.3, -0.25) is 0 Å². The van der Waals surface area contributed by atoms with Crippen molar-refractivity contribution in [3.63, 3.8) is 0 Å². The SMILES string of the molecule is Nc1cc(Br)cc(CSc2ccccc2Br)c1. The maximum atomic E-state index is 5.81. The minimum Gasteiger partial charge on any atom is -0.399 e.